The third kappa shape index (κ3) is 1.97. The van der Waals surface area contributed by atoms with Crippen LogP contribution in [-0.4, -0.2) is 20.7 Å². The number of rotatable bonds is 0. The number of hydrogen-bond donors (Lipinski definition) is 0. The van der Waals surface area contributed by atoms with Gasteiger partial charge in [-0.05, 0) is 0 Å². The summed E-state index contributed by atoms with van der Waals surface area (Å²) in [6.07, 6.45) is 0. The molecular weight excluding hydrogens is 239 g/mol. The molecule has 3 heteroatoms. The zero-order valence-electron chi connectivity index (χ0n) is 5.95. The van der Waals surface area contributed by atoms with Crippen LogP contribution in [0.15, 0.2) is 29.2 Å². The molecule has 1 aromatic carbocycles. The van der Waals surface area contributed by atoms with E-state index in [1.165, 1.54) is 16.0 Å². The number of hydrogen-bond acceptors (Lipinski definition) is 2. The van der Waals surface area contributed by atoms with E-state index in [4.69, 9.17) is 0 Å². The second-order valence-corrected chi connectivity index (χ2v) is 7.04. The van der Waals surface area contributed by atoms with E-state index in [0.717, 1.165) is 15.0 Å². The van der Waals surface area contributed by atoms with Gasteiger partial charge in [0.2, 0.25) is 0 Å². The molecule has 1 aliphatic heterocycles. The van der Waals surface area contributed by atoms with Crippen LogP contribution in [0.2, 0.25) is 5.32 Å². The van der Waals surface area contributed by atoms with Crippen LogP contribution < -0.4 is 4.46 Å². The minimum absolute atomic E-state index is 0.729. The van der Waals surface area contributed by atoms with Crippen molar-refractivity contribution in [2.45, 2.75) is 10.2 Å². The SMILES string of the molecule is c1ccc2c(c1)SSCC[Se]2. The Morgan fingerprint density at radius 3 is 3.18 bits per heavy atom. The first-order chi connectivity index (χ1) is 5.47. The van der Waals surface area contributed by atoms with Gasteiger partial charge in [-0.3, -0.25) is 0 Å². The predicted molar refractivity (Wildman–Crippen MR) is 55.0 cm³/mol. The Bertz CT molecular complexity index is 225. The molecule has 0 radical (unpaired) electrons. The first-order valence-corrected chi connectivity index (χ1v) is 7.87. The van der Waals surface area contributed by atoms with E-state index in [-0.39, 0.29) is 0 Å². The fourth-order valence-corrected chi connectivity index (χ4v) is 6.85. The van der Waals surface area contributed by atoms with Crippen molar-refractivity contribution in [3.05, 3.63) is 24.3 Å². The van der Waals surface area contributed by atoms with E-state index in [1.54, 1.807) is 4.46 Å². The molecule has 11 heavy (non-hydrogen) atoms. The normalized spacial score (nSPS) is 17.1. The molecule has 0 unspecified atom stereocenters. The second kappa shape index (κ2) is 3.90. The first kappa shape index (κ1) is 8.06. The van der Waals surface area contributed by atoms with E-state index >= 15 is 0 Å². The van der Waals surface area contributed by atoms with Crippen molar-refractivity contribution in [3.63, 3.8) is 0 Å². The molecule has 1 heterocycles. The molecule has 58 valence electrons. The molecular formula is C8H8S2Se. The van der Waals surface area contributed by atoms with Crippen LogP contribution in [0.1, 0.15) is 0 Å². The Balaban J connectivity index is 2.33. The van der Waals surface area contributed by atoms with Crippen LogP contribution in [0.25, 0.3) is 0 Å². The van der Waals surface area contributed by atoms with Crippen molar-refractivity contribution < 1.29 is 0 Å². The van der Waals surface area contributed by atoms with Gasteiger partial charge in [0.25, 0.3) is 0 Å². The van der Waals surface area contributed by atoms with Crippen LogP contribution in [-0.2, 0) is 0 Å². The monoisotopic (exact) mass is 248 g/mol. The Labute approximate surface area is 81.1 Å². The van der Waals surface area contributed by atoms with E-state index in [2.05, 4.69) is 24.3 Å². The second-order valence-electron chi connectivity index (χ2n) is 2.20. The average molecular weight is 247 g/mol. The summed E-state index contributed by atoms with van der Waals surface area (Å²) >= 11 is 0.729. The molecule has 0 fully saturated rings. The van der Waals surface area contributed by atoms with Gasteiger partial charge in [0.1, 0.15) is 0 Å². The summed E-state index contributed by atoms with van der Waals surface area (Å²) < 4.78 is 1.59. The zero-order valence-corrected chi connectivity index (χ0v) is 9.29. The minimum atomic E-state index is 0.729. The van der Waals surface area contributed by atoms with Crippen molar-refractivity contribution in [1.82, 2.24) is 0 Å². The van der Waals surface area contributed by atoms with E-state index in [0.29, 0.717) is 0 Å². The quantitative estimate of drug-likeness (QED) is 0.509. The Kier molecular flexibility index (Phi) is 2.86. The first-order valence-electron chi connectivity index (χ1n) is 3.48. The molecule has 0 atom stereocenters. The molecule has 0 N–H and O–H groups in total. The summed E-state index contributed by atoms with van der Waals surface area (Å²) in [5.41, 5.74) is 0. The zero-order chi connectivity index (χ0) is 7.52. The van der Waals surface area contributed by atoms with Crippen molar-refractivity contribution in [2.24, 2.45) is 0 Å². The molecule has 0 aliphatic carbocycles. The van der Waals surface area contributed by atoms with Gasteiger partial charge in [-0.15, -0.1) is 0 Å². The standard InChI is InChI=1S/C8H8S2Se/c1-2-4-8-7(3-1)10-9-5-6-11-8/h1-4H,5-6H2. The summed E-state index contributed by atoms with van der Waals surface area (Å²) in [6.45, 7) is 0. The summed E-state index contributed by atoms with van der Waals surface area (Å²) in [4.78, 5) is 1.50. The molecule has 1 aromatic rings. The fraction of sp³-hybridized carbons (Fsp3) is 0.250. The fourth-order valence-electron chi connectivity index (χ4n) is 0.929. The molecule has 0 nitrogen and oxygen atoms in total. The van der Waals surface area contributed by atoms with Crippen molar-refractivity contribution in [3.8, 4) is 0 Å². The third-order valence-electron chi connectivity index (χ3n) is 1.42. The van der Waals surface area contributed by atoms with Gasteiger partial charge in [-0.2, -0.15) is 0 Å². The van der Waals surface area contributed by atoms with Crippen molar-refractivity contribution in [1.29, 1.82) is 0 Å². The molecule has 0 bridgehead atoms. The van der Waals surface area contributed by atoms with Crippen LogP contribution in [0.3, 0.4) is 0 Å². The molecule has 0 aromatic heterocycles. The summed E-state index contributed by atoms with van der Waals surface area (Å²) in [6, 6.07) is 8.79. The molecule has 0 amide bonds. The van der Waals surface area contributed by atoms with Gasteiger partial charge in [0.05, 0.1) is 0 Å². The molecule has 0 saturated heterocycles. The van der Waals surface area contributed by atoms with Gasteiger partial charge < -0.3 is 0 Å². The Morgan fingerprint density at radius 1 is 1.27 bits per heavy atom. The Morgan fingerprint density at radius 2 is 2.18 bits per heavy atom. The molecule has 1 aliphatic rings. The number of benzene rings is 1. The Hall–Kier alpha value is 0.439. The van der Waals surface area contributed by atoms with Gasteiger partial charge in [0.15, 0.2) is 0 Å². The predicted octanol–water partition coefficient (Wildman–Crippen LogP) is 2.19. The van der Waals surface area contributed by atoms with E-state index < -0.39 is 0 Å². The van der Waals surface area contributed by atoms with Gasteiger partial charge in [-0.1, -0.05) is 0 Å². The van der Waals surface area contributed by atoms with Gasteiger partial charge in [0, 0.05) is 0 Å². The van der Waals surface area contributed by atoms with E-state index in [1.807, 2.05) is 21.6 Å². The van der Waals surface area contributed by atoms with Crippen LogP contribution >= 0.6 is 21.6 Å². The maximum absolute atomic E-state index is 2.27. The summed E-state index contributed by atoms with van der Waals surface area (Å²) in [5, 5.41) is 1.39. The number of fused-ring (bicyclic) bond motifs is 1. The molecule has 0 spiro atoms. The summed E-state index contributed by atoms with van der Waals surface area (Å²) in [7, 11) is 3.93. The maximum atomic E-state index is 2.27. The van der Waals surface area contributed by atoms with Crippen molar-refractivity contribution >= 4 is 41.0 Å². The van der Waals surface area contributed by atoms with Crippen LogP contribution in [0.5, 0.6) is 0 Å². The van der Waals surface area contributed by atoms with Gasteiger partial charge in [-0.25, -0.2) is 0 Å². The molecule has 2 rings (SSSR count). The topological polar surface area (TPSA) is 0 Å². The van der Waals surface area contributed by atoms with Crippen LogP contribution in [0, 0.1) is 0 Å². The van der Waals surface area contributed by atoms with Gasteiger partial charge >= 0.3 is 81.2 Å². The van der Waals surface area contributed by atoms with Crippen molar-refractivity contribution in [2.75, 3.05) is 5.75 Å². The average Bonchev–Trinajstić information content (AvgIpc) is 2.28. The molecule has 0 saturated carbocycles. The summed E-state index contributed by atoms with van der Waals surface area (Å²) in [5.74, 6) is 1.32. The van der Waals surface area contributed by atoms with E-state index in [9.17, 15) is 0 Å². The third-order valence-corrected chi connectivity index (χ3v) is 6.97. The van der Waals surface area contributed by atoms with Crippen LogP contribution in [0.4, 0.5) is 0 Å².